The molecule has 0 aromatic heterocycles. The van der Waals surface area contributed by atoms with Crippen LogP contribution in [-0.4, -0.2) is 38.4 Å². The molecule has 1 aromatic rings. The van der Waals surface area contributed by atoms with Gasteiger partial charge in [-0.3, -0.25) is 0 Å². The van der Waals surface area contributed by atoms with Gasteiger partial charge in [0.2, 0.25) is 0 Å². The van der Waals surface area contributed by atoms with E-state index < -0.39 is 0 Å². The molecule has 0 amide bonds. The lowest BCUT2D eigenvalue weighted by molar-refractivity contribution is 0.177. The average Bonchev–Trinajstić information content (AvgIpc) is 2.80. The lowest BCUT2D eigenvalue weighted by Gasteiger charge is -2.40. The number of nitrogens with two attached hydrogens (primary N) is 1. The molecular weight excluding hydrogens is 228 g/mol. The number of hydrogen-bond donors (Lipinski definition) is 1. The second-order valence-electron chi connectivity index (χ2n) is 5.05. The van der Waals surface area contributed by atoms with E-state index in [9.17, 15) is 0 Å². The largest absolute Gasteiger partial charge is 0.491 e. The molecule has 18 heavy (non-hydrogen) atoms. The second kappa shape index (κ2) is 4.78. The highest BCUT2D eigenvalue weighted by Crippen LogP contribution is 2.38. The van der Waals surface area contributed by atoms with Crippen molar-refractivity contribution in [3.63, 3.8) is 0 Å². The van der Waals surface area contributed by atoms with E-state index in [1.807, 2.05) is 12.1 Å². The van der Waals surface area contributed by atoms with Gasteiger partial charge >= 0.3 is 0 Å². The van der Waals surface area contributed by atoms with Crippen molar-refractivity contribution in [3.05, 3.63) is 24.3 Å². The third-order valence-corrected chi connectivity index (χ3v) is 3.97. The molecule has 0 spiro atoms. The van der Waals surface area contributed by atoms with E-state index in [0.29, 0.717) is 6.54 Å². The van der Waals surface area contributed by atoms with E-state index in [0.717, 1.165) is 50.6 Å². The first-order valence-corrected chi connectivity index (χ1v) is 6.63. The van der Waals surface area contributed by atoms with Crippen molar-refractivity contribution in [2.45, 2.75) is 18.4 Å². The van der Waals surface area contributed by atoms with E-state index in [1.54, 1.807) is 0 Å². The van der Waals surface area contributed by atoms with Crippen LogP contribution in [0.2, 0.25) is 0 Å². The number of anilines is 1. The minimum atomic E-state index is -0.0518. The molecule has 1 aromatic carbocycles. The molecule has 1 saturated heterocycles. The summed E-state index contributed by atoms with van der Waals surface area (Å²) in [5.41, 5.74) is 7.15. The van der Waals surface area contributed by atoms with Gasteiger partial charge < -0.3 is 20.1 Å². The molecule has 4 heteroatoms. The Morgan fingerprint density at radius 2 is 2.17 bits per heavy atom. The summed E-state index contributed by atoms with van der Waals surface area (Å²) in [7, 11) is 0. The van der Waals surface area contributed by atoms with E-state index in [4.69, 9.17) is 15.2 Å². The van der Waals surface area contributed by atoms with Gasteiger partial charge in [0, 0.05) is 19.7 Å². The summed E-state index contributed by atoms with van der Waals surface area (Å²) in [5.74, 6) is 0.967. The Kier molecular flexibility index (Phi) is 3.14. The minimum Gasteiger partial charge on any atom is -0.491 e. The molecule has 2 heterocycles. The van der Waals surface area contributed by atoms with Crippen LogP contribution in [0, 0.1) is 0 Å². The molecule has 98 valence electrons. The molecule has 0 aliphatic carbocycles. The van der Waals surface area contributed by atoms with Crippen LogP contribution in [0.1, 0.15) is 12.8 Å². The van der Waals surface area contributed by atoms with E-state index in [2.05, 4.69) is 17.0 Å². The van der Waals surface area contributed by atoms with Crippen molar-refractivity contribution in [1.82, 2.24) is 0 Å². The first kappa shape index (κ1) is 11.8. The molecule has 2 N–H and O–H groups in total. The highest BCUT2D eigenvalue weighted by molar-refractivity contribution is 5.61. The summed E-state index contributed by atoms with van der Waals surface area (Å²) >= 11 is 0. The van der Waals surface area contributed by atoms with E-state index in [1.165, 1.54) is 0 Å². The Bertz CT molecular complexity index is 416. The van der Waals surface area contributed by atoms with Crippen molar-refractivity contribution < 1.29 is 9.47 Å². The van der Waals surface area contributed by atoms with Gasteiger partial charge in [-0.25, -0.2) is 0 Å². The van der Waals surface area contributed by atoms with Crippen LogP contribution in [0.25, 0.3) is 0 Å². The van der Waals surface area contributed by atoms with Gasteiger partial charge in [-0.2, -0.15) is 0 Å². The van der Waals surface area contributed by atoms with Crippen LogP contribution >= 0.6 is 0 Å². The molecule has 2 aliphatic heterocycles. The fourth-order valence-corrected chi connectivity index (χ4v) is 2.90. The van der Waals surface area contributed by atoms with Gasteiger partial charge in [0.15, 0.2) is 0 Å². The number of ether oxygens (including phenoxy) is 2. The third-order valence-electron chi connectivity index (χ3n) is 3.97. The molecule has 0 saturated carbocycles. The number of hydrogen-bond acceptors (Lipinski definition) is 4. The fraction of sp³-hybridized carbons (Fsp3) is 0.571. The third kappa shape index (κ3) is 1.85. The highest BCUT2D eigenvalue weighted by Gasteiger charge is 2.40. The van der Waals surface area contributed by atoms with Crippen molar-refractivity contribution in [2.24, 2.45) is 5.73 Å². The van der Waals surface area contributed by atoms with E-state index >= 15 is 0 Å². The van der Waals surface area contributed by atoms with Crippen molar-refractivity contribution >= 4 is 5.69 Å². The molecule has 4 nitrogen and oxygen atoms in total. The quantitative estimate of drug-likeness (QED) is 0.859. The average molecular weight is 248 g/mol. The van der Waals surface area contributed by atoms with Crippen LogP contribution in [0.5, 0.6) is 5.75 Å². The predicted octanol–water partition coefficient (Wildman–Crippen LogP) is 1.39. The summed E-state index contributed by atoms with van der Waals surface area (Å²) in [4.78, 5) is 2.41. The smallest absolute Gasteiger partial charge is 0.142 e. The maximum absolute atomic E-state index is 6.05. The topological polar surface area (TPSA) is 47.7 Å². The Morgan fingerprint density at radius 1 is 1.28 bits per heavy atom. The zero-order valence-corrected chi connectivity index (χ0v) is 10.6. The molecule has 1 atom stereocenters. The lowest BCUT2D eigenvalue weighted by Crippen LogP contribution is -2.55. The monoisotopic (exact) mass is 248 g/mol. The molecule has 1 fully saturated rings. The summed E-state index contributed by atoms with van der Waals surface area (Å²) in [6, 6.07) is 8.23. The van der Waals surface area contributed by atoms with Gasteiger partial charge in [-0.15, -0.1) is 0 Å². The molecule has 2 aliphatic rings. The Labute approximate surface area is 108 Å². The standard InChI is InChI=1S/C14H20N2O2/c15-10-14(6-9-17-11-14)16-7-3-8-18-13-5-2-1-4-12(13)16/h1-2,4-5H,3,6-11,15H2. The molecule has 0 radical (unpaired) electrons. The Morgan fingerprint density at radius 3 is 2.94 bits per heavy atom. The minimum absolute atomic E-state index is 0.0518. The van der Waals surface area contributed by atoms with Crippen molar-refractivity contribution in [1.29, 1.82) is 0 Å². The van der Waals surface area contributed by atoms with Gasteiger partial charge in [0.1, 0.15) is 5.75 Å². The first-order valence-electron chi connectivity index (χ1n) is 6.63. The maximum Gasteiger partial charge on any atom is 0.142 e. The maximum atomic E-state index is 6.05. The highest BCUT2D eigenvalue weighted by atomic mass is 16.5. The summed E-state index contributed by atoms with van der Waals surface area (Å²) in [5, 5.41) is 0. The zero-order chi connectivity index (χ0) is 12.4. The van der Waals surface area contributed by atoms with Crippen LogP contribution in [0.15, 0.2) is 24.3 Å². The van der Waals surface area contributed by atoms with E-state index in [-0.39, 0.29) is 5.54 Å². The number of nitrogens with zero attached hydrogens (tertiary/aromatic N) is 1. The number of para-hydroxylation sites is 2. The van der Waals surface area contributed by atoms with Gasteiger partial charge in [-0.05, 0) is 25.0 Å². The van der Waals surface area contributed by atoms with Gasteiger partial charge in [-0.1, -0.05) is 12.1 Å². The zero-order valence-electron chi connectivity index (χ0n) is 10.6. The molecule has 1 unspecified atom stereocenters. The number of benzene rings is 1. The van der Waals surface area contributed by atoms with Crippen LogP contribution in [0.3, 0.4) is 0 Å². The molecule has 3 rings (SSSR count). The summed E-state index contributed by atoms with van der Waals surface area (Å²) in [6.07, 6.45) is 2.02. The Balaban J connectivity index is 2.00. The normalized spacial score (nSPS) is 27.5. The van der Waals surface area contributed by atoms with Crippen LogP contribution in [0.4, 0.5) is 5.69 Å². The lowest BCUT2D eigenvalue weighted by atomic mass is 9.95. The Hall–Kier alpha value is -1.26. The van der Waals surface area contributed by atoms with Crippen molar-refractivity contribution in [3.8, 4) is 5.75 Å². The first-order chi connectivity index (χ1) is 8.86. The number of fused-ring (bicyclic) bond motifs is 1. The molecule has 0 bridgehead atoms. The predicted molar refractivity (Wildman–Crippen MR) is 71.1 cm³/mol. The SMILES string of the molecule is NCC1(N2CCCOc3ccccc32)CCOC1. The van der Waals surface area contributed by atoms with Crippen molar-refractivity contribution in [2.75, 3.05) is 37.8 Å². The van der Waals surface area contributed by atoms with Gasteiger partial charge in [0.25, 0.3) is 0 Å². The van der Waals surface area contributed by atoms with Crippen LogP contribution < -0.4 is 15.4 Å². The second-order valence-corrected chi connectivity index (χ2v) is 5.05. The summed E-state index contributed by atoms with van der Waals surface area (Å²) in [6.45, 7) is 3.91. The van der Waals surface area contributed by atoms with Gasteiger partial charge in [0.05, 0.1) is 24.4 Å². The molecular formula is C14H20N2O2. The number of rotatable bonds is 2. The summed E-state index contributed by atoms with van der Waals surface area (Å²) < 4.78 is 11.4. The van der Waals surface area contributed by atoms with Crippen LogP contribution in [-0.2, 0) is 4.74 Å². The fourth-order valence-electron chi connectivity index (χ4n) is 2.90.